The predicted octanol–water partition coefficient (Wildman–Crippen LogP) is 2.16. The molecule has 2 heterocycles. The molecule has 124 valence electrons. The third-order valence-corrected chi connectivity index (χ3v) is 5.00. The Kier molecular flexibility index (Phi) is 3.93. The Morgan fingerprint density at radius 2 is 2.26 bits per heavy atom. The van der Waals surface area contributed by atoms with Crippen LogP contribution in [0.4, 0.5) is 4.39 Å². The summed E-state index contributed by atoms with van der Waals surface area (Å²) in [7, 11) is 0. The highest BCUT2D eigenvalue weighted by atomic mass is 19.1. The molecule has 5 nitrogen and oxygen atoms in total. The Hall–Kier alpha value is -1.69. The van der Waals surface area contributed by atoms with Gasteiger partial charge in [0.05, 0.1) is 12.6 Å². The largest absolute Gasteiger partial charge is 0.469 e. The minimum absolute atomic E-state index is 0.0168. The van der Waals surface area contributed by atoms with Gasteiger partial charge in [0.15, 0.2) is 5.82 Å². The van der Waals surface area contributed by atoms with Gasteiger partial charge in [-0.1, -0.05) is 0 Å². The summed E-state index contributed by atoms with van der Waals surface area (Å²) >= 11 is 0. The zero-order valence-corrected chi connectivity index (χ0v) is 13.0. The molecule has 23 heavy (non-hydrogen) atoms. The smallest absolute Gasteiger partial charge is 0.250 e. The van der Waals surface area contributed by atoms with Crippen LogP contribution < -0.4 is 4.74 Å². The molecule has 0 N–H and O–H groups in total. The second-order valence-electron chi connectivity index (χ2n) is 6.66. The first-order chi connectivity index (χ1) is 11.2. The number of halogens is 1. The first-order valence-electron chi connectivity index (χ1n) is 8.40. The topological polar surface area (TPSA) is 51.7 Å². The number of hydrogen-bond donors (Lipinski definition) is 0. The van der Waals surface area contributed by atoms with Gasteiger partial charge in [0.2, 0.25) is 5.91 Å². The summed E-state index contributed by atoms with van der Waals surface area (Å²) in [5.74, 6) is 0.368. The summed E-state index contributed by atoms with van der Waals surface area (Å²) in [4.78, 5) is 18.4. The van der Waals surface area contributed by atoms with Crippen LogP contribution in [0.5, 0.6) is 5.88 Å². The number of hydrogen-bond acceptors (Lipinski definition) is 4. The zero-order valence-electron chi connectivity index (χ0n) is 13.0. The number of fused-ring (bicyclic) bond motifs is 1. The molecule has 2 aliphatic carbocycles. The highest BCUT2D eigenvalue weighted by Crippen LogP contribution is 2.36. The SMILES string of the molecule is O=C(CC1CC1)N1CCO[C@H]2[C@@H](Oc3ncccc3F)CC[C@@H]21. The third kappa shape index (κ3) is 3.04. The Labute approximate surface area is 134 Å². The lowest BCUT2D eigenvalue weighted by Gasteiger charge is -2.39. The fraction of sp³-hybridized carbons (Fsp3) is 0.647. The van der Waals surface area contributed by atoms with E-state index in [9.17, 15) is 9.18 Å². The van der Waals surface area contributed by atoms with Crippen LogP contribution in [-0.2, 0) is 9.53 Å². The summed E-state index contributed by atoms with van der Waals surface area (Å²) in [6, 6.07) is 2.92. The number of nitrogens with zero attached hydrogens (tertiary/aromatic N) is 2. The normalized spacial score (nSPS) is 30.1. The zero-order chi connectivity index (χ0) is 15.8. The van der Waals surface area contributed by atoms with E-state index in [4.69, 9.17) is 9.47 Å². The third-order valence-electron chi connectivity index (χ3n) is 5.00. The molecule has 0 aromatic carbocycles. The maximum Gasteiger partial charge on any atom is 0.250 e. The van der Waals surface area contributed by atoms with Gasteiger partial charge < -0.3 is 14.4 Å². The molecule has 3 aliphatic rings. The van der Waals surface area contributed by atoms with Crippen molar-refractivity contribution in [3.05, 3.63) is 24.1 Å². The lowest BCUT2D eigenvalue weighted by molar-refractivity contribution is -0.148. The Morgan fingerprint density at radius 1 is 1.39 bits per heavy atom. The predicted molar refractivity (Wildman–Crippen MR) is 80.4 cm³/mol. The molecular weight excluding hydrogens is 299 g/mol. The summed E-state index contributed by atoms with van der Waals surface area (Å²) < 4.78 is 25.3. The van der Waals surface area contributed by atoms with Crippen LogP contribution >= 0.6 is 0 Å². The van der Waals surface area contributed by atoms with Crippen LogP contribution in [0, 0.1) is 11.7 Å². The second kappa shape index (κ2) is 6.07. The van der Waals surface area contributed by atoms with Gasteiger partial charge in [-0.05, 0) is 43.7 Å². The maximum absolute atomic E-state index is 13.7. The van der Waals surface area contributed by atoms with Crippen LogP contribution in [0.15, 0.2) is 18.3 Å². The lowest BCUT2D eigenvalue weighted by Crippen LogP contribution is -2.54. The molecule has 1 aromatic rings. The van der Waals surface area contributed by atoms with Gasteiger partial charge >= 0.3 is 0 Å². The average Bonchev–Trinajstić information content (AvgIpc) is 3.28. The number of amides is 1. The van der Waals surface area contributed by atoms with Crippen molar-refractivity contribution in [2.24, 2.45) is 5.92 Å². The van der Waals surface area contributed by atoms with E-state index in [0.29, 0.717) is 25.5 Å². The van der Waals surface area contributed by atoms with Gasteiger partial charge in [-0.3, -0.25) is 4.79 Å². The van der Waals surface area contributed by atoms with Crippen molar-refractivity contribution < 1.29 is 18.7 Å². The Morgan fingerprint density at radius 3 is 3.04 bits per heavy atom. The Balaban J connectivity index is 1.44. The average molecular weight is 320 g/mol. The molecule has 3 fully saturated rings. The number of morpholine rings is 1. The minimum atomic E-state index is -0.464. The van der Waals surface area contributed by atoms with E-state index < -0.39 is 5.82 Å². The van der Waals surface area contributed by atoms with E-state index in [1.54, 1.807) is 0 Å². The van der Waals surface area contributed by atoms with Crippen LogP contribution in [0.1, 0.15) is 32.1 Å². The molecule has 1 amide bonds. The van der Waals surface area contributed by atoms with Gasteiger partial charge in [-0.25, -0.2) is 9.37 Å². The molecule has 6 heteroatoms. The number of aromatic nitrogens is 1. The van der Waals surface area contributed by atoms with E-state index >= 15 is 0 Å². The van der Waals surface area contributed by atoms with E-state index in [-0.39, 0.29) is 30.0 Å². The highest BCUT2D eigenvalue weighted by Gasteiger charge is 2.46. The van der Waals surface area contributed by atoms with Gasteiger partial charge in [0.1, 0.15) is 12.2 Å². The highest BCUT2D eigenvalue weighted by molar-refractivity contribution is 5.77. The molecule has 1 aliphatic heterocycles. The van der Waals surface area contributed by atoms with Crippen molar-refractivity contribution in [2.75, 3.05) is 13.2 Å². The number of ether oxygens (including phenoxy) is 2. The van der Waals surface area contributed by atoms with Gasteiger partial charge in [-0.2, -0.15) is 0 Å². The first kappa shape index (κ1) is 14.9. The van der Waals surface area contributed by atoms with Crippen molar-refractivity contribution >= 4 is 5.91 Å². The quantitative estimate of drug-likeness (QED) is 0.853. The number of rotatable bonds is 4. The molecule has 0 unspecified atom stereocenters. The van der Waals surface area contributed by atoms with Crippen molar-refractivity contribution in [3.63, 3.8) is 0 Å². The number of carbonyl (C=O) groups excluding carboxylic acids is 1. The molecule has 1 aromatic heterocycles. The van der Waals surface area contributed by atoms with E-state index in [0.717, 1.165) is 12.8 Å². The Bertz CT molecular complexity index is 593. The minimum Gasteiger partial charge on any atom is -0.469 e. The van der Waals surface area contributed by atoms with E-state index in [1.807, 2.05) is 4.90 Å². The fourth-order valence-electron chi connectivity index (χ4n) is 3.64. The summed E-state index contributed by atoms with van der Waals surface area (Å²) in [6.07, 6.45) is 5.67. The monoisotopic (exact) mass is 320 g/mol. The second-order valence-corrected chi connectivity index (χ2v) is 6.66. The molecule has 2 saturated carbocycles. The van der Waals surface area contributed by atoms with Crippen molar-refractivity contribution in [1.29, 1.82) is 0 Å². The van der Waals surface area contributed by atoms with E-state index in [2.05, 4.69) is 4.98 Å². The van der Waals surface area contributed by atoms with Gasteiger partial charge in [0, 0.05) is 19.2 Å². The molecule has 4 rings (SSSR count). The molecule has 0 bridgehead atoms. The number of pyridine rings is 1. The maximum atomic E-state index is 13.7. The summed E-state index contributed by atoms with van der Waals surface area (Å²) in [6.45, 7) is 1.17. The summed E-state index contributed by atoms with van der Waals surface area (Å²) in [5, 5.41) is 0. The van der Waals surface area contributed by atoms with Crippen molar-refractivity contribution in [2.45, 2.75) is 50.4 Å². The van der Waals surface area contributed by atoms with E-state index in [1.165, 1.54) is 31.2 Å². The summed E-state index contributed by atoms with van der Waals surface area (Å²) in [5.41, 5.74) is 0. The standard InChI is InChI=1S/C17H21FN2O3/c18-12-2-1-7-19-17(12)23-14-6-5-13-16(14)22-9-8-20(13)15(21)10-11-3-4-11/h1-2,7,11,13-14,16H,3-6,8-10H2/t13-,14-,16+/m0/s1. The molecule has 3 atom stereocenters. The fourth-order valence-corrected chi connectivity index (χ4v) is 3.64. The lowest BCUT2D eigenvalue weighted by atomic mass is 10.1. The van der Waals surface area contributed by atoms with Crippen LogP contribution in [0.25, 0.3) is 0 Å². The first-order valence-corrected chi connectivity index (χ1v) is 8.40. The molecule has 0 radical (unpaired) electrons. The number of carbonyl (C=O) groups is 1. The van der Waals surface area contributed by atoms with Crippen LogP contribution in [0.3, 0.4) is 0 Å². The van der Waals surface area contributed by atoms with Crippen molar-refractivity contribution in [3.8, 4) is 5.88 Å². The van der Waals surface area contributed by atoms with Crippen molar-refractivity contribution in [1.82, 2.24) is 9.88 Å². The van der Waals surface area contributed by atoms with Gasteiger partial charge in [-0.15, -0.1) is 0 Å². The van der Waals surface area contributed by atoms with Crippen LogP contribution in [0.2, 0.25) is 0 Å². The molecular formula is C17H21FN2O3. The van der Waals surface area contributed by atoms with Gasteiger partial charge in [0.25, 0.3) is 5.88 Å². The molecule has 0 spiro atoms. The molecule has 1 saturated heterocycles. The van der Waals surface area contributed by atoms with Crippen LogP contribution in [-0.4, -0.2) is 47.2 Å².